The van der Waals surface area contributed by atoms with Crippen molar-refractivity contribution in [1.82, 2.24) is 19.8 Å². The molecule has 1 fully saturated rings. The van der Waals surface area contributed by atoms with Crippen LogP contribution < -0.4 is 15.4 Å². The highest BCUT2D eigenvalue weighted by atomic mass is 35.5. The minimum absolute atomic E-state index is 0.0141. The standard InChI is InChI=1S/C23H23Cl2N5O5S/c1-35-15-5-7-16(8-6-15)36(33,34)30-11-9-14(10-12-30)27-23(32)21-19(13-26-29-21)28-22(31)20-17(24)3-2-4-18(20)25/h2-8,13-14H,9-12H2,1H3,(H,26,29)(H,27,32)(H,28,31). The Morgan fingerprint density at radius 2 is 1.69 bits per heavy atom. The number of H-pyrrole nitrogens is 1. The van der Waals surface area contributed by atoms with Crippen LogP contribution in [0.3, 0.4) is 0 Å². The second kappa shape index (κ2) is 10.9. The van der Waals surface area contributed by atoms with Gasteiger partial charge in [-0.25, -0.2) is 8.42 Å². The van der Waals surface area contributed by atoms with E-state index in [1.807, 2.05) is 0 Å². The van der Waals surface area contributed by atoms with E-state index in [2.05, 4.69) is 20.8 Å². The Morgan fingerprint density at radius 1 is 1.06 bits per heavy atom. The van der Waals surface area contributed by atoms with Gasteiger partial charge in [0, 0.05) is 25.3 Å². The Kier molecular flexibility index (Phi) is 7.84. The summed E-state index contributed by atoms with van der Waals surface area (Å²) < 4.78 is 32.4. The first-order valence-electron chi connectivity index (χ1n) is 10.9. The molecule has 1 aliphatic rings. The van der Waals surface area contributed by atoms with Gasteiger partial charge in [0.1, 0.15) is 5.75 Å². The van der Waals surface area contributed by atoms with Crippen LogP contribution in [-0.4, -0.2) is 61.0 Å². The number of aromatic amines is 1. The fourth-order valence-corrected chi connectivity index (χ4v) is 5.89. The van der Waals surface area contributed by atoms with E-state index < -0.39 is 21.8 Å². The molecule has 3 N–H and O–H groups in total. The van der Waals surface area contributed by atoms with E-state index in [1.165, 1.54) is 41.9 Å². The summed E-state index contributed by atoms with van der Waals surface area (Å²) in [6, 6.07) is 10.6. The zero-order valence-corrected chi connectivity index (χ0v) is 21.5. The number of methoxy groups -OCH3 is 1. The first-order valence-corrected chi connectivity index (χ1v) is 13.1. The van der Waals surface area contributed by atoms with Crippen LogP contribution in [0.2, 0.25) is 10.0 Å². The van der Waals surface area contributed by atoms with Crippen molar-refractivity contribution in [3.8, 4) is 5.75 Å². The van der Waals surface area contributed by atoms with Crippen molar-refractivity contribution < 1.29 is 22.7 Å². The normalized spacial score (nSPS) is 14.9. The van der Waals surface area contributed by atoms with Crippen LogP contribution in [0.1, 0.15) is 33.7 Å². The molecule has 190 valence electrons. The number of aromatic nitrogens is 2. The maximum Gasteiger partial charge on any atom is 0.274 e. The molecule has 1 aliphatic heterocycles. The first-order chi connectivity index (χ1) is 17.2. The first kappa shape index (κ1) is 26.0. The zero-order valence-electron chi connectivity index (χ0n) is 19.1. The fraction of sp³-hybridized carbons (Fsp3) is 0.261. The van der Waals surface area contributed by atoms with Crippen LogP contribution in [0.15, 0.2) is 53.6 Å². The number of hydrogen-bond donors (Lipinski definition) is 3. The topological polar surface area (TPSA) is 133 Å². The lowest BCUT2D eigenvalue weighted by Crippen LogP contribution is -2.46. The van der Waals surface area contributed by atoms with Gasteiger partial charge in [0.05, 0.1) is 33.3 Å². The number of anilines is 1. The molecular formula is C23H23Cl2N5O5S. The van der Waals surface area contributed by atoms with E-state index in [9.17, 15) is 18.0 Å². The molecule has 0 bridgehead atoms. The van der Waals surface area contributed by atoms with Gasteiger partial charge in [-0.15, -0.1) is 0 Å². The number of nitrogens with one attached hydrogen (secondary N) is 3. The second-order valence-electron chi connectivity index (χ2n) is 8.03. The van der Waals surface area contributed by atoms with Gasteiger partial charge in [0.15, 0.2) is 5.69 Å². The Morgan fingerprint density at radius 3 is 2.31 bits per heavy atom. The summed E-state index contributed by atoms with van der Waals surface area (Å²) >= 11 is 12.2. The van der Waals surface area contributed by atoms with Crippen LogP contribution in [-0.2, 0) is 10.0 Å². The fourth-order valence-electron chi connectivity index (χ4n) is 3.85. The van der Waals surface area contributed by atoms with Crippen LogP contribution in [0.4, 0.5) is 5.69 Å². The van der Waals surface area contributed by atoms with E-state index >= 15 is 0 Å². The van der Waals surface area contributed by atoms with Crippen molar-refractivity contribution in [2.75, 3.05) is 25.5 Å². The van der Waals surface area contributed by atoms with Gasteiger partial charge in [-0.1, -0.05) is 29.3 Å². The minimum Gasteiger partial charge on any atom is -0.497 e. The Bertz CT molecular complexity index is 1350. The molecule has 4 rings (SSSR count). The molecule has 3 aromatic rings. The number of rotatable bonds is 7. The largest absolute Gasteiger partial charge is 0.497 e. The van der Waals surface area contributed by atoms with Crippen molar-refractivity contribution >= 4 is 50.7 Å². The third-order valence-electron chi connectivity index (χ3n) is 5.78. The highest BCUT2D eigenvalue weighted by molar-refractivity contribution is 7.89. The monoisotopic (exact) mass is 551 g/mol. The quantitative estimate of drug-likeness (QED) is 0.411. The Labute approximate surface area is 218 Å². The molecule has 2 amide bonds. The molecule has 36 heavy (non-hydrogen) atoms. The summed E-state index contributed by atoms with van der Waals surface area (Å²) in [5.74, 6) is -0.523. The number of halogens is 2. The molecular weight excluding hydrogens is 529 g/mol. The second-order valence-corrected chi connectivity index (χ2v) is 10.8. The van der Waals surface area contributed by atoms with Crippen LogP contribution >= 0.6 is 23.2 Å². The van der Waals surface area contributed by atoms with Gasteiger partial charge in [-0.3, -0.25) is 14.7 Å². The number of carbonyl (C=O) groups excluding carboxylic acids is 2. The van der Waals surface area contributed by atoms with Gasteiger partial charge in [0.25, 0.3) is 11.8 Å². The summed E-state index contributed by atoms with van der Waals surface area (Å²) in [5.41, 5.74) is 0.228. The lowest BCUT2D eigenvalue weighted by molar-refractivity contribution is 0.0919. The molecule has 0 spiro atoms. The molecule has 0 atom stereocenters. The van der Waals surface area contributed by atoms with E-state index in [-0.39, 0.29) is 51.0 Å². The summed E-state index contributed by atoms with van der Waals surface area (Å²) in [6.07, 6.45) is 2.21. The molecule has 10 nitrogen and oxygen atoms in total. The van der Waals surface area contributed by atoms with Gasteiger partial charge in [-0.05, 0) is 49.2 Å². The Hall–Kier alpha value is -3.12. The maximum atomic E-state index is 12.9. The SMILES string of the molecule is COc1ccc(S(=O)(=O)N2CCC(NC(=O)c3n[nH]cc3NC(=O)c3c(Cl)cccc3Cl)CC2)cc1. The average molecular weight is 552 g/mol. The number of sulfonamides is 1. The van der Waals surface area contributed by atoms with E-state index in [0.29, 0.717) is 18.6 Å². The minimum atomic E-state index is -3.66. The Balaban J connectivity index is 1.37. The van der Waals surface area contributed by atoms with E-state index in [1.54, 1.807) is 18.2 Å². The van der Waals surface area contributed by atoms with Crippen molar-refractivity contribution in [2.45, 2.75) is 23.8 Å². The maximum absolute atomic E-state index is 12.9. The van der Waals surface area contributed by atoms with Gasteiger partial charge < -0.3 is 15.4 Å². The molecule has 2 aromatic carbocycles. The number of amides is 2. The average Bonchev–Trinajstić information content (AvgIpc) is 3.32. The molecule has 1 saturated heterocycles. The zero-order chi connectivity index (χ0) is 25.9. The summed E-state index contributed by atoms with van der Waals surface area (Å²) in [5, 5.41) is 12.3. The van der Waals surface area contributed by atoms with Gasteiger partial charge in [0.2, 0.25) is 10.0 Å². The van der Waals surface area contributed by atoms with Gasteiger partial charge in [-0.2, -0.15) is 9.40 Å². The predicted molar refractivity (Wildman–Crippen MR) is 135 cm³/mol. The van der Waals surface area contributed by atoms with Gasteiger partial charge >= 0.3 is 0 Å². The summed E-state index contributed by atoms with van der Waals surface area (Å²) in [6.45, 7) is 0.489. The lowest BCUT2D eigenvalue weighted by Gasteiger charge is -2.31. The third-order valence-corrected chi connectivity index (χ3v) is 8.32. The number of nitrogens with zero attached hydrogens (tertiary/aromatic N) is 2. The molecule has 2 heterocycles. The number of carbonyl (C=O) groups is 2. The lowest BCUT2D eigenvalue weighted by atomic mass is 10.1. The molecule has 1 aromatic heterocycles. The van der Waals surface area contributed by atoms with Crippen LogP contribution in [0, 0.1) is 0 Å². The van der Waals surface area contributed by atoms with E-state index in [4.69, 9.17) is 27.9 Å². The van der Waals surface area contributed by atoms with Crippen molar-refractivity contribution in [1.29, 1.82) is 0 Å². The van der Waals surface area contributed by atoms with Crippen molar-refractivity contribution in [3.63, 3.8) is 0 Å². The van der Waals surface area contributed by atoms with Crippen molar-refractivity contribution in [3.05, 3.63) is 70.0 Å². The highest BCUT2D eigenvalue weighted by Gasteiger charge is 2.31. The molecule has 0 radical (unpaired) electrons. The predicted octanol–water partition coefficient (Wildman–Crippen LogP) is 3.56. The number of hydrogen-bond acceptors (Lipinski definition) is 6. The summed E-state index contributed by atoms with van der Waals surface area (Å²) in [7, 11) is -2.15. The summed E-state index contributed by atoms with van der Waals surface area (Å²) in [4.78, 5) is 25.7. The van der Waals surface area contributed by atoms with Crippen molar-refractivity contribution in [2.24, 2.45) is 0 Å². The molecule has 0 aliphatic carbocycles. The number of piperidine rings is 1. The van der Waals surface area contributed by atoms with E-state index in [0.717, 1.165) is 0 Å². The highest BCUT2D eigenvalue weighted by Crippen LogP contribution is 2.26. The number of ether oxygens (including phenoxy) is 1. The molecule has 0 saturated carbocycles. The third kappa shape index (κ3) is 5.49. The number of benzene rings is 2. The molecule has 0 unspecified atom stereocenters. The molecule has 13 heteroatoms. The van der Waals surface area contributed by atoms with Crippen LogP contribution in [0.5, 0.6) is 5.75 Å². The smallest absolute Gasteiger partial charge is 0.274 e. The van der Waals surface area contributed by atoms with Crippen LogP contribution in [0.25, 0.3) is 0 Å².